The van der Waals surface area contributed by atoms with Crippen LogP contribution in [-0.4, -0.2) is 28.4 Å². The normalized spacial score (nSPS) is 19.9. The minimum absolute atomic E-state index is 0.184. The third-order valence-electron chi connectivity index (χ3n) is 2.93. The largest absolute Gasteiger partial charge is 0.478 e. The van der Waals surface area contributed by atoms with E-state index in [1.54, 1.807) is 17.4 Å². The maximum Gasteiger partial charge on any atom is 0.328 e. The summed E-state index contributed by atoms with van der Waals surface area (Å²) in [6, 6.07) is 1.88. The van der Waals surface area contributed by atoms with Crippen LogP contribution in [0.5, 0.6) is 0 Å². The number of hydrogen-bond acceptors (Lipinski definition) is 3. The summed E-state index contributed by atoms with van der Waals surface area (Å²) in [5.41, 5.74) is 0.884. The van der Waals surface area contributed by atoms with Gasteiger partial charge < -0.3 is 10.0 Å². The van der Waals surface area contributed by atoms with Crippen molar-refractivity contribution in [2.45, 2.75) is 19.9 Å². The first kappa shape index (κ1) is 12.8. The Bertz CT molecular complexity index is 492. The van der Waals surface area contributed by atoms with E-state index in [9.17, 15) is 9.59 Å². The molecule has 0 bridgehead atoms. The van der Waals surface area contributed by atoms with Crippen LogP contribution in [0.4, 0.5) is 0 Å². The molecule has 2 rings (SSSR count). The summed E-state index contributed by atoms with van der Waals surface area (Å²) in [6.07, 6.45) is 3.32. The minimum Gasteiger partial charge on any atom is -0.478 e. The molecule has 0 aromatic carbocycles. The Morgan fingerprint density at radius 1 is 1.67 bits per heavy atom. The molecule has 1 aliphatic heterocycles. The van der Waals surface area contributed by atoms with Gasteiger partial charge in [-0.15, -0.1) is 11.3 Å². The number of carboxylic acids is 1. The van der Waals surface area contributed by atoms with Crippen molar-refractivity contribution in [3.8, 4) is 0 Å². The average Bonchev–Trinajstić information content (AvgIpc) is 2.84. The zero-order valence-corrected chi connectivity index (χ0v) is 10.9. The number of amides is 1. The lowest BCUT2D eigenvalue weighted by Gasteiger charge is -2.15. The van der Waals surface area contributed by atoms with Gasteiger partial charge in [0.15, 0.2) is 0 Å². The van der Waals surface area contributed by atoms with Crippen LogP contribution < -0.4 is 0 Å². The molecule has 0 aliphatic carbocycles. The van der Waals surface area contributed by atoms with Crippen molar-refractivity contribution in [3.63, 3.8) is 0 Å². The summed E-state index contributed by atoms with van der Waals surface area (Å²) in [7, 11) is 0. The SMILES string of the molecule is CC1CC(=O)N(Cc2sccc2/C=C/C(=O)O)C1. The van der Waals surface area contributed by atoms with E-state index in [1.165, 1.54) is 0 Å². The van der Waals surface area contributed by atoms with Gasteiger partial charge in [-0.25, -0.2) is 4.79 Å². The zero-order valence-electron chi connectivity index (χ0n) is 10.1. The summed E-state index contributed by atoms with van der Waals surface area (Å²) in [4.78, 5) is 25.1. The molecular weight excluding hydrogens is 250 g/mol. The van der Waals surface area contributed by atoms with Gasteiger partial charge in [0.05, 0.1) is 6.54 Å². The summed E-state index contributed by atoms with van der Waals surface area (Å²) >= 11 is 1.55. The minimum atomic E-state index is -0.960. The van der Waals surface area contributed by atoms with Crippen molar-refractivity contribution in [3.05, 3.63) is 28.0 Å². The molecule has 5 heteroatoms. The molecule has 1 aromatic rings. The molecule has 2 heterocycles. The van der Waals surface area contributed by atoms with Crippen molar-refractivity contribution >= 4 is 29.3 Å². The molecule has 1 fully saturated rings. The van der Waals surface area contributed by atoms with E-state index in [-0.39, 0.29) is 5.91 Å². The molecule has 4 nitrogen and oxygen atoms in total. The zero-order chi connectivity index (χ0) is 13.1. The number of carbonyl (C=O) groups is 2. The van der Waals surface area contributed by atoms with Crippen LogP contribution >= 0.6 is 11.3 Å². The highest BCUT2D eigenvalue weighted by molar-refractivity contribution is 7.10. The van der Waals surface area contributed by atoms with E-state index in [2.05, 4.69) is 6.92 Å². The molecule has 1 N–H and O–H groups in total. The lowest BCUT2D eigenvalue weighted by molar-refractivity contribution is -0.131. The van der Waals surface area contributed by atoms with Crippen LogP contribution in [0.1, 0.15) is 23.8 Å². The van der Waals surface area contributed by atoms with Gasteiger partial charge >= 0.3 is 5.97 Å². The van der Waals surface area contributed by atoms with Crippen LogP contribution in [0.25, 0.3) is 6.08 Å². The highest BCUT2D eigenvalue weighted by Crippen LogP contribution is 2.24. The second-order valence-corrected chi connectivity index (χ2v) is 5.55. The van der Waals surface area contributed by atoms with Gasteiger partial charge in [-0.2, -0.15) is 0 Å². The quantitative estimate of drug-likeness (QED) is 0.849. The summed E-state index contributed by atoms with van der Waals surface area (Å²) in [5.74, 6) is -0.363. The predicted octanol–water partition coefficient (Wildman–Crippen LogP) is 2.21. The van der Waals surface area contributed by atoms with Gasteiger partial charge in [0, 0.05) is 23.9 Å². The summed E-state index contributed by atoms with van der Waals surface area (Å²) in [5, 5.41) is 10.5. The number of hydrogen-bond donors (Lipinski definition) is 1. The van der Waals surface area contributed by atoms with Crippen molar-refractivity contribution in [1.29, 1.82) is 0 Å². The van der Waals surface area contributed by atoms with Crippen molar-refractivity contribution in [1.82, 2.24) is 4.90 Å². The van der Waals surface area contributed by atoms with Crippen molar-refractivity contribution in [2.24, 2.45) is 5.92 Å². The first-order valence-corrected chi connectivity index (χ1v) is 6.69. The highest BCUT2D eigenvalue weighted by atomic mass is 32.1. The first-order valence-electron chi connectivity index (χ1n) is 5.81. The van der Waals surface area contributed by atoms with E-state index in [4.69, 9.17) is 5.11 Å². The Kier molecular flexibility index (Phi) is 3.81. The van der Waals surface area contributed by atoms with E-state index in [1.807, 2.05) is 16.3 Å². The average molecular weight is 265 g/mol. The van der Waals surface area contributed by atoms with E-state index < -0.39 is 5.97 Å². The monoisotopic (exact) mass is 265 g/mol. The molecule has 1 saturated heterocycles. The molecule has 0 saturated carbocycles. The fraction of sp³-hybridized carbons (Fsp3) is 0.385. The Hall–Kier alpha value is -1.62. The smallest absolute Gasteiger partial charge is 0.328 e. The fourth-order valence-corrected chi connectivity index (χ4v) is 2.97. The van der Waals surface area contributed by atoms with E-state index >= 15 is 0 Å². The Morgan fingerprint density at radius 2 is 2.44 bits per heavy atom. The van der Waals surface area contributed by atoms with Gasteiger partial charge in [-0.3, -0.25) is 4.79 Å². The molecule has 96 valence electrons. The number of carbonyl (C=O) groups excluding carboxylic acids is 1. The number of thiophene rings is 1. The molecule has 1 amide bonds. The van der Waals surface area contributed by atoms with E-state index in [0.29, 0.717) is 18.9 Å². The Balaban J connectivity index is 2.08. The van der Waals surface area contributed by atoms with Gasteiger partial charge in [0.1, 0.15) is 0 Å². The van der Waals surface area contributed by atoms with Gasteiger partial charge in [0.25, 0.3) is 0 Å². The predicted molar refractivity (Wildman–Crippen MR) is 70.2 cm³/mol. The second-order valence-electron chi connectivity index (χ2n) is 4.55. The van der Waals surface area contributed by atoms with Crippen molar-refractivity contribution in [2.75, 3.05) is 6.54 Å². The van der Waals surface area contributed by atoms with Crippen LogP contribution in [0.3, 0.4) is 0 Å². The second kappa shape index (κ2) is 5.35. The van der Waals surface area contributed by atoms with Crippen LogP contribution in [0.2, 0.25) is 0 Å². The lowest BCUT2D eigenvalue weighted by Crippen LogP contribution is -2.24. The Labute approximate surface area is 110 Å². The van der Waals surface area contributed by atoms with Crippen LogP contribution in [-0.2, 0) is 16.1 Å². The van der Waals surface area contributed by atoms with Crippen LogP contribution in [0.15, 0.2) is 17.5 Å². The first-order chi connectivity index (χ1) is 8.56. The van der Waals surface area contributed by atoms with E-state index in [0.717, 1.165) is 23.1 Å². The molecule has 1 aromatic heterocycles. The van der Waals surface area contributed by atoms with Crippen LogP contribution in [0, 0.1) is 5.92 Å². The highest BCUT2D eigenvalue weighted by Gasteiger charge is 2.26. The standard InChI is InChI=1S/C13H15NO3S/c1-9-6-12(15)14(7-9)8-11-10(4-5-18-11)2-3-13(16)17/h2-5,9H,6-8H2,1H3,(H,16,17)/b3-2+. The number of nitrogens with zero attached hydrogens (tertiary/aromatic N) is 1. The molecule has 1 unspecified atom stereocenters. The maximum absolute atomic E-state index is 11.7. The Morgan fingerprint density at radius 3 is 3.06 bits per heavy atom. The van der Waals surface area contributed by atoms with Gasteiger partial charge in [-0.05, 0) is 29.0 Å². The molecule has 1 atom stereocenters. The molecule has 1 aliphatic rings. The maximum atomic E-state index is 11.7. The summed E-state index contributed by atoms with van der Waals surface area (Å²) < 4.78 is 0. The number of likely N-dealkylation sites (tertiary alicyclic amines) is 1. The summed E-state index contributed by atoms with van der Waals surface area (Å²) in [6.45, 7) is 3.44. The number of carboxylic acid groups (broad SMARTS) is 1. The van der Waals surface area contributed by atoms with Crippen molar-refractivity contribution < 1.29 is 14.7 Å². The molecule has 18 heavy (non-hydrogen) atoms. The fourth-order valence-electron chi connectivity index (χ4n) is 2.08. The molecule has 0 radical (unpaired) electrons. The molecule has 0 spiro atoms. The lowest BCUT2D eigenvalue weighted by atomic mass is 10.2. The molecular formula is C13H15NO3S. The third kappa shape index (κ3) is 2.98. The topological polar surface area (TPSA) is 57.6 Å². The number of aliphatic carboxylic acids is 1. The number of rotatable bonds is 4. The third-order valence-corrected chi connectivity index (χ3v) is 3.85. The van der Waals surface area contributed by atoms with Gasteiger partial charge in [-0.1, -0.05) is 6.92 Å². The van der Waals surface area contributed by atoms with Gasteiger partial charge in [0.2, 0.25) is 5.91 Å².